The van der Waals surface area contributed by atoms with E-state index in [2.05, 4.69) is 16.8 Å². The molecular formula is C25H28N5O3+. The standard InChI is InChI=1S/C25H27N5O3/c1-16-5-7-18(8-6-16)15-30-23(31)21-22(27(3)25(30)32)26-24-28(13-17(2)14-29(21)24)19-9-11-20(33-4)12-10-19/h5-12,17H,13-15H2,1-4H3/p+1/t17-/m0/s1. The van der Waals surface area contributed by atoms with E-state index in [9.17, 15) is 9.59 Å². The van der Waals surface area contributed by atoms with Crippen LogP contribution in [0.4, 0.5) is 11.6 Å². The van der Waals surface area contributed by atoms with E-state index in [1.165, 1.54) is 9.13 Å². The molecule has 0 fully saturated rings. The van der Waals surface area contributed by atoms with Crippen molar-refractivity contribution in [2.45, 2.75) is 26.9 Å². The van der Waals surface area contributed by atoms with Crippen LogP contribution in [0.1, 0.15) is 18.1 Å². The third kappa shape index (κ3) is 3.51. The van der Waals surface area contributed by atoms with E-state index in [-0.39, 0.29) is 17.8 Å². The Hall–Kier alpha value is -3.81. The number of hydrogen-bond acceptors (Lipinski definition) is 4. The Morgan fingerprint density at radius 2 is 1.79 bits per heavy atom. The van der Waals surface area contributed by atoms with Crippen molar-refractivity contribution in [1.29, 1.82) is 0 Å². The predicted octanol–water partition coefficient (Wildman–Crippen LogP) is 2.47. The number of benzene rings is 2. The minimum Gasteiger partial charge on any atom is -0.497 e. The third-order valence-electron chi connectivity index (χ3n) is 6.37. The average molecular weight is 447 g/mol. The van der Waals surface area contributed by atoms with Gasteiger partial charge in [-0.15, -0.1) is 0 Å². The lowest BCUT2D eigenvalue weighted by atomic mass is 10.1. The van der Waals surface area contributed by atoms with Gasteiger partial charge < -0.3 is 4.74 Å². The number of nitrogens with zero attached hydrogens (tertiary/aromatic N) is 4. The van der Waals surface area contributed by atoms with E-state index in [1.807, 2.05) is 60.0 Å². The van der Waals surface area contributed by atoms with Gasteiger partial charge in [0.15, 0.2) is 0 Å². The number of methoxy groups -OCH3 is 1. The van der Waals surface area contributed by atoms with Crippen LogP contribution in [0.25, 0.3) is 11.2 Å². The fourth-order valence-electron chi connectivity index (χ4n) is 4.58. The number of imidazole rings is 1. The minimum atomic E-state index is -0.337. The summed E-state index contributed by atoms with van der Waals surface area (Å²) in [4.78, 5) is 32.3. The summed E-state index contributed by atoms with van der Waals surface area (Å²) >= 11 is 0. The Balaban J connectivity index is 1.68. The maximum atomic E-state index is 13.6. The first-order valence-corrected chi connectivity index (χ1v) is 11.1. The van der Waals surface area contributed by atoms with E-state index in [1.54, 1.807) is 14.2 Å². The molecule has 0 saturated carbocycles. The number of aryl methyl sites for hydroxylation is 2. The largest absolute Gasteiger partial charge is 0.497 e. The predicted molar refractivity (Wildman–Crippen MR) is 127 cm³/mol. The molecule has 1 atom stereocenters. The van der Waals surface area contributed by atoms with Crippen LogP contribution in [0.5, 0.6) is 5.75 Å². The highest BCUT2D eigenvalue weighted by atomic mass is 16.5. The molecule has 8 heteroatoms. The molecule has 0 unspecified atom stereocenters. The van der Waals surface area contributed by atoms with E-state index in [4.69, 9.17) is 4.74 Å². The molecule has 0 aliphatic carbocycles. The van der Waals surface area contributed by atoms with Crippen molar-refractivity contribution in [3.05, 3.63) is 80.5 Å². The highest BCUT2D eigenvalue weighted by Crippen LogP contribution is 2.29. The number of rotatable bonds is 4. The van der Waals surface area contributed by atoms with Crippen molar-refractivity contribution < 1.29 is 9.30 Å². The summed E-state index contributed by atoms with van der Waals surface area (Å²) in [6.07, 6.45) is 0. The molecule has 0 bridgehead atoms. The van der Waals surface area contributed by atoms with Gasteiger partial charge in [0.05, 0.1) is 26.7 Å². The van der Waals surface area contributed by atoms with Crippen molar-refractivity contribution >= 4 is 22.8 Å². The molecule has 0 saturated heterocycles. The van der Waals surface area contributed by atoms with Crippen LogP contribution in [0.2, 0.25) is 0 Å². The molecule has 170 valence electrons. The van der Waals surface area contributed by atoms with Crippen molar-refractivity contribution in [2.75, 3.05) is 18.6 Å². The van der Waals surface area contributed by atoms with E-state index in [0.717, 1.165) is 35.1 Å². The molecule has 1 aliphatic rings. The summed E-state index contributed by atoms with van der Waals surface area (Å²) < 4.78 is 10.2. The molecule has 1 N–H and O–H groups in total. The Bertz CT molecular complexity index is 1450. The number of nitrogens with one attached hydrogen (secondary N) is 1. The van der Waals surface area contributed by atoms with E-state index < -0.39 is 0 Å². The summed E-state index contributed by atoms with van der Waals surface area (Å²) in [5.41, 5.74) is 3.49. The molecule has 2 aromatic heterocycles. The summed E-state index contributed by atoms with van der Waals surface area (Å²) in [6, 6.07) is 15.7. The molecule has 0 radical (unpaired) electrons. The number of H-pyrrole nitrogens is 1. The van der Waals surface area contributed by atoms with Gasteiger partial charge in [-0.1, -0.05) is 36.8 Å². The first-order chi connectivity index (χ1) is 15.9. The average Bonchev–Trinajstić information content (AvgIpc) is 3.21. The van der Waals surface area contributed by atoms with Gasteiger partial charge in [0.1, 0.15) is 11.4 Å². The van der Waals surface area contributed by atoms with Gasteiger partial charge in [-0.05, 0) is 36.8 Å². The Morgan fingerprint density at radius 3 is 2.45 bits per heavy atom. The van der Waals surface area contributed by atoms with Crippen LogP contribution in [-0.2, 0) is 20.1 Å². The van der Waals surface area contributed by atoms with Crippen molar-refractivity contribution in [3.63, 3.8) is 0 Å². The summed E-state index contributed by atoms with van der Waals surface area (Å²) in [7, 11) is 3.35. The smallest absolute Gasteiger partial charge is 0.364 e. The highest BCUT2D eigenvalue weighted by molar-refractivity contribution is 5.70. The van der Waals surface area contributed by atoms with Crippen molar-refractivity contribution in [3.8, 4) is 5.75 Å². The number of hydrogen-bond donors (Lipinski definition) is 1. The van der Waals surface area contributed by atoms with Crippen LogP contribution >= 0.6 is 0 Å². The molecule has 3 heterocycles. The molecule has 8 nitrogen and oxygen atoms in total. The molecule has 4 aromatic rings. The van der Waals surface area contributed by atoms with Crippen molar-refractivity contribution in [1.82, 2.24) is 14.1 Å². The Labute approximate surface area is 191 Å². The molecule has 2 aromatic carbocycles. The van der Waals surface area contributed by atoms with E-state index >= 15 is 0 Å². The lowest BCUT2D eigenvalue weighted by Gasteiger charge is -2.26. The summed E-state index contributed by atoms with van der Waals surface area (Å²) in [5.74, 6) is 1.90. The Morgan fingerprint density at radius 1 is 1.09 bits per heavy atom. The number of aromatic nitrogens is 4. The van der Waals surface area contributed by atoms with Crippen LogP contribution in [0, 0.1) is 12.8 Å². The number of aromatic amines is 1. The number of fused-ring (bicyclic) bond motifs is 3. The van der Waals surface area contributed by atoms with Crippen LogP contribution < -0.4 is 25.5 Å². The molecular weight excluding hydrogens is 418 g/mol. The fraction of sp³-hybridized carbons (Fsp3) is 0.320. The molecule has 0 amide bonds. The fourth-order valence-corrected chi connectivity index (χ4v) is 4.58. The quantitative estimate of drug-likeness (QED) is 0.489. The minimum absolute atomic E-state index is 0.236. The number of ether oxygens (including phenoxy) is 1. The zero-order valence-corrected chi connectivity index (χ0v) is 19.3. The maximum absolute atomic E-state index is 13.6. The first-order valence-electron chi connectivity index (χ1n) is 11.1. The molecule has 33 heavy (non-hydrogen) atoms. The second-order valence-electron chi connectivity index (χ2n) is 8.89. The zero-order chi connectivity index (χ0) is 23.3. The van der Waals surface area contributed by atoms with Gasteiger partial charge in [-0.25, -0.2) is 19.2 Å². The van der Waals surface area contributed by atoms with Gasteiger partial charge in [-0.2, -0.15) is 0 Å². The summed E-state index contributed by atoms with van der Waals surface area (Å²) in [6.45, 7) is 5.90. The van der Waals surface area contributed by atoms with Gasteiger partial charge in [0, 0.05) is 13.0 Å². The Kier molecular flexibility index (Phi) is 5.08. The van der Waals surface area contributed by atoms with Crippen LogP contribution in [-0.4, -0.2) is 27.8 Å². The maximum Gasteiger partial charge on any atom is 0.364 e. The van der Waals surface area contributed by atoms with Gasteiger partial charge in [0.25, 0.3) is 5.56 Å². The second-order valence-corrected chi connectivity index (χ2v) is 8.89. The SMILES string of the molecule is COc1ccc(N2C[C@H](C)C[n+]3c2[nH]c2c3c(=O)n(Cc3ccc(C)cc3)c(=O)n2C)cc1. The number of anilines is 2. The van der Waals surface area contributed by atoms with Crippen LogP contribution in [0.15, 0.2) is 58.1 Å². The third-order valence-corrected chi connectivity index (χ3v) is 6.37. The molecule has 0 spiro atoms. The van der Waals surface area contributed by atoms with Gasteiger partial charge in [-0.3, -0.25) is 13.9 Å². The monoisotopic (exact) mass is 446 g/mol. The van der Waals surface area contributed by atoms with Gasteiger partial charge >= 0.3 is 11.6 Å². The topological polar surface area (TPSA) is 76.1 Å². The lowest BCUT2D eigenvalue weighted by molar-refractivity contribution is -0.669. The lowest BCUT2D eigenvalue weighted by Crippen LogP contribution is -2.52. The van der Waals surface area contributed by atoms with E-state index in [0.29, 0.717) is 23.6 Å². The second kappa shape index (κ2) is 7.95. The van der Waals surface area contributed by atoms with Crippen molar-refractivity contribution in [2.24, 2.45) is 13.0 Å². The van der Waals surface area contributed by atoms with Crippen LogP contribution in [0.3, 0.4) is 0 Å². The molecule has 1 aliphatic heterocycles. The normalized spacial score (nSPS) is 15.6. The highest BCUT2D eigenvalue weighted by Gasteiger charge is 2.36. The summed E-state index contributed by atoms with van der Waals surface area (Å²) in [5, 5.41) is 0. The molecule has 5 rings (SSSR count). The van der Waals surface area contributed by atoms with Gasteiger partial charge in [0.2, 0.25) is 11.2 Å². The first kappa shape index (κ1) is 21.1. The zero-order valence-electron chi connectivity index (χ0n) is 19.3.